The summed E-state index contributed by atoms with van der Waals surface area (Å²) in [4.78, 5) is 28.0. The van der Waals surface area contributed by atoms with Crippen molar-refractivity contribution in [1.82, 2.24) is 9.80 Å². The van der Waals surface area contributed by atoms with Crippen LogP contribution >= 0.6 is 11.6 Å². The van der Waals surface area contributed by atoms with Crippen molar-refractivity contribution < 1.29 is 9.59 Å². The van der Waals surface area contributed by atoms with Crippen LogP contribution in [0.15, 0.2) is 18.2 Å². The molecular weight excluding hydrogens is 290 g/mol. The number of nitrogen functional groups attached to an aromatic ring is 1. The van der Waals surface area contributed by atoms with E-state index in [-0.39, 0.29) is 17.7 Å². The Morgan fingerprint density at radius 1 is 1.10 bits per heavy atom. The third kappa shape index (κ3) is 2.97. The Kier molecular flexibility index (Phi) is 3.76. The minimum Gasteiger partial charge on any atom is -0.399 e. The maximum atomic E-state index is 12.5. The van der Waals surface area contributed by atoms with E-state index in [4.69, 9.17) is 17.3 Å². The summed E-state index contributed by atoms with van der Waals surface area (Å²) in [6.07, 6.45) is 2.03. The summed E-state index contributed by atoms with van der Waals surface area (Å²) in [7, 11) is 0. The Balaban J connectivity index is 1.63. The minimum absolute atomic E-state index is 0.0986. The van der Waals surface area contributed by atoms with Crippen LogP contribution in [0.25, 0.3) is 0 Å². The fraction of sp³-hybridized carbons (Fsp3) is 0.467. The van der Waals surface area contributed by atoms with Gasteiger partial charge in [0.05, 0.1) is 10.6 Å². The van der Waals surface area contributed by atoms with Gasteiger partial charge in [-0.15, -0.1) is 0 Å². The number of nitrogens with zero attached hydrogens (tertiary/aromatic N) is 2. The molecule has 3 rings (SSSR count). The number of hydrogen-bond acceptors (Lipinski definition) is 3. The van der Waals surface area contributed by atoms with Crippen LogP contribution in [-0.4, -0.2) is 47.8 Å². The van der Waals surface area contributed by atoms with Gasteiger partial charge < -0.3 is 15.5 Å². The molecule has 1 heterocycles. The van der Waals surface area contributed by atoms with Gasteiger partial charge in [0.1, 0.15) is 0 Å². The van der Waals surface area contributed by atoms with E-state index in [1.54, 1.807) is 23.1 Å². The predicted molar refractivity (Wildman–Crippen MR) is 81.1 cm³/mol. The van der Waals surface area contributed by atoms with Crippen LogP contribution in [-0.2, 0) is 4.79 Å². The van der Waals surface area contributed by atoms with Crippen molar-refractivity contribution in [2.24, 2.45) is 5.92 Å². The van der Waals surface area contributed by atoms with Crippen molar-refractivity contribution in [3.05, 3.63) is 28.8 Å². The van der Waals surface area contributed by atoms with E-state index in [0.717, 1.165) is 12.8 Å². The average molecular weight is 308 g/mol. The molecule has 21 heavy (non-hydrogen) atoms. The summed E-state index contributed by atoms with van der Waals surface area (Å²) in [5, 5.41) is 0.372. The monoisotopic (exact) mass is 307 g/mol. The van der Waals surface area contributed by atoms with E-state index < -0.39 is 0 Å². The van der Waals surface area contributed by atoms with Gasteiger partial charge in [0.15, 0.2) is 0 Å². The lowest BCUT2D eigenvalue weighted by Gasteiger charge is -2.35. The molecule has 2 aliphatic rings. The number of hydrogen-bond donors (Lipinski definition) is 1. The maximum absolute atomic E-state index is 12.5. The highest BCUT2D eigenvalue weighted by molar-refractivity contribution is 6.34. The molecule has 0 bridgehead atoms. The number of benzene rings is 1. The van der Waals surface area contributed by atoms with Crippen LogP contribution in [0.4, 0.5) is 5.69 Å². The summed E-state index contributed by atoms with van der Waals surface area (Å²) in [5.41, 5.74) is 6.64. The molecule has 1 saturated carbocycles. The summed E-state index contributed by atoms with van der Waals surface area (Å²) < 4.78 is 0. The van der Waals surface area contributed by atoms with Crippen molar-refractivity contribution in [2.75, 3.05) is 31.9 Å². The van der Waals surface area contributed by atoms with Crippen molar-refractivity contribution in [2.45, 2.75) is 12.8 Å². The molecule has 1 aliphatic heterocycles. The molecular formula is C15H18ClN3O2. The van der Waals surface area contributed by atoms with E-state index >= 15 is 0 Å². The standard InChI is InChI=1S/C15H18ClN3O2/c16-13-9-11(17)3-4-12(13)15(21)19-7-5-18(6-8-19)14(20)10-1-2-10/h3-4,9-10H,1-2,5-8,17H2. The third-order valence-corrected chi connectivity index (χ3v) is 4.34. The maximum Gasteiger partial charge on any atom is 0.255 e. The van der Waals surface area contributed by atoms with E-state index in [9.17, 15) is 9.59 Å². The van der Waals surface area contributed by atoms with Gasteiger partial charge in [-0.25, -0.2) is 0 Å². The van der Waals surface area contributed by atoms with Crippen LogP contribution in [0.3, 0.4) is 0 Å². The highest BCUT2D eigenvalue weighted by atomic mass is 35.5. The molecule has 0 radical (unpaired) electrons. The van der Waals surface area contributed by atoms with Crippen molar-refractivity contribution in [3.8, 4) is 0 Å². The molecule has 112 valence electrons. The zero-order valence-corrected chi connectivity index (χ0v) is 12.5. The van der Waals surface area contributed by atoms with Crippen molar-refractivity contribution in [1.29, 1.82) is 0 Å². The zero-order valence-electron chi connectivity index (χ0n) is 11.7. The second-order valence-corrected chi connectivity index (χ2v) is 6.04. The molecule has 0 aromatic heterocycles. The highest BCUT2D eigenvalue weighted by Gasteiger charge is 2.35. The molecule has 0 unspecified atom stereocenters. The number of piperazine rings is 1. The second kappa shape index (κ2) is 5.56. The number of anilines is 1. The molecule has 0 atom stereocenters. The Hall–Kier alpha value is -1.75. The van der Waals surface area contributed by atoms with E-state index in [2.05, 4.69) is 0 Å². The number of halogens is 1. The van der Waals surface area contributed by atoms with Crippen LogP contribution in [0.2, 0.25) is 5.02 Å². The van der Waals surface area contributed by atoms with Crippen LogP contribution in [0.5, 0.6) is 0 Å². The van der Waals surface area contributed by atoms with Gasteiger partial charge in [-0.1, -0.05) is 11.6 Å². The van der Waals surface area contributed by atoms with E-state index in [1.165, 1.54) is 0 Å². The molecule has 2 amide bonds. The Labute approximate surface area is 128 Å². The number of amides is 2. The van der Waals surface area contributed by atoms with Gasteiger partial charge >= 0.3 is 0 Å². The Morgan fingerprint density at radius 3 is 2.29 bits per heavy atom. The van der Waals surface area contributed by atoms with E-state index in [1.807, 2.05) is 4.90 Å². The normalized spacial score (nSPS) is 18.7. The average Bonchev–Trinajstić information content (AvgIpc) is 3.31. The molecule has 2 fully saturated rings. The zero-order chi connectivity index (χ0) is 15.0. The van der Waals surface area contributed by atoms with Crippen LogP contribution in [0, 0.1) is 5.92 Å². The summed E-state index contributed by atoms with van der Waals surface area (Å²) in [5.74, 6) is 0.380. The topological polar surface area (TPSA) is 66.6 Å². The van der Waals surface area contributed by atoms with Gasteiger partial charge in [-0.3, -0.25) is 9.59 Å². The molecule has 5 nitrogen and oxygen atoms in total. The molecule has 1 aromatic carbocycles. The fourth-order valence-corrected chi connectivity index (χ4v) is 2.86. The fourth-order valence-electron chi connectivity index (χ4n) is 2.59. The first-order chi connectivity index (χ1) is 10.1. The lowest BCUT2D eigenvalue weighted by Crippen LogP contribution is -2.51. The van der Waals surface area contributed by atoms with Gasteiger partial charge in [0.25, 0.3) is 5.91 Å². The lowest BCUT2D eigenvalue weighted by atomic mass is 10.1. The Morgan fingerprint density at radius 2 is 1.71 bits per heavy atom. The number of carbonyl (C=O) groups is 2. The quantitative estimate of drug-likeness (QED) is 0.844. The third-order valence-electron chi connectivity index (χ3n) is 4.03. The molecule has 2 N–H and O–H groups in total. The minimum atomic E-state index is -0.0986. The number of carbonyl (C=O) groups excluding carboxylic acids is 2. The summed E-state index contributed by atoms with van der Waals surface area (Å²) >= 11 is 6.08. The van der Waals surface area contributed by atoms with Crippen molar-refractivity contribution >= 4 is 29.1 Å². The first-order valence-corrected chi connectivity index (χ1v) is 7.57. The SMILES string of the molecule is Nc1ccc(C(=O)N2CCN(C(=O)C3CC3)CC2)c(Cl)c1. The molecule has 1 aliphatic carbocycles. The molecule has 1 aromatic rings. The predicted octanol–water partition coefficient (Wildman–Crippen LogP) is 1.62. The number of nitrogens with two attached hydrogens (primary N) is 1. The lowest BCUT2D eigenvalue weighted by molar-refractivity contribution is -0.134. The largest absolute Gasteiger partial charge is 0.399 e. The smallest absolute Gasteiger partial charge is 0.255 e. The molecule has 0 spiro atoms. The molecule has 6 heteroatoms. The van der Waals surface area contributed by atoms with Gasteiger partial charge in [0.2, 0.25) is 5.91 Å². The van der Waals surface area contributed by atoms with Crippen molar-refractivity contribution in [3.63, 3.8) is 0 Å². The van der Waals surface area contributed by atoms with Gasteiger partial charge in [-0.2, -0.15) is 0 Å². The van der Waals surface area contributed by atoms with E-state index in [0.29, 0.717) is 42.5 Å². The number of rotatable bonds is 2. The first-order valence-electron chi connectivity index (χ1n) is 7.19. The van der Waals surface area contributed by atoms with Gasteiger partial charge in [0, 0.05) is 37.8 Å². The van der Waals surface area contributed by atoms with Gasteiger partial charge in [-0.05, 0) is 31.0 Å². The second-order valence-electron chi connectivity index (χ2n) is 5.63. The summed E-state index contributed by atoms with van der Waals surface area (Å²) in [6.45, 7) is 2.32. The van der Waals surface area contributed by atoms with Crippen LogP contribution in [0.1, 0.15) is 23.2 Å². The van der Waals surface area contributed by atoms with Crippen LogP contribution < -0.4 is 5.73 Å². The first kappa shape index (κ1) is 14.2. The highest BCUT2D eigenvalue weighted by Crippen LogP contribution is 2.31. The Bertz CT molecular complexity index is 578. The summed E-state index contributed by atoms with van der Waals surface area (Å²) in [6, 6.07) is 4.91. The molecule has 1 saturated heterocycles.